The number of likely N-dealkylation sites (tertiary alicyclic amines) is 2. The van der Waals surface area contributed by atoms with Gasteiger partial charge in [-0.2, -0.15) is 0 Å². The molecule has 2 atom stereocenters. The number of amides is 6. The Morgan fingerprint density at radius 1 is 0.446 bits per heavy atom. The van der Waals surface area contributed by atoms with E-state index >= 15 is 0 Å². The number of rotatable bonds is 36. The fourth-order valence-corrected chi connectivity index (χ4v) is 14.2. The SMILES string of the molecule is CCCCCCCCCCCCOC(COc1ccc(C(C)(C)c2ccc(OCC(CN3C(=O)NC4(CC(C)(C)N(C)C(C)(C)C4)C3=O)OCCCCCCCCCCCC)cc2)cc1)CN1C(=O)NC2(CC(C)(C)N(C)C(C)(C)C2)C1=O. The molecule has 14 nitrogen and oxygen atoms in total. The summed E-state index contributed by atoms with van der Waals surface area (Å²) in [6.45, 7) is 27.7. The zero-order chi connectivity index (χ0) is 60.7. The number of ether oxygens (including phenoxy) is 4. The summed E-state index contributed by atoms with van der Waals surface area (Å²) in [5.41, 5.74) is -1.30. The predicted molar refractivity (Wildman–Crippen MR) is 335 cm³/mol. The van der Waals surface area contributed by atoms with Gasteiger partial charge in [-0.25, -0.2) is 9.59 Å². The van der Waals surface area contributed by atoms with Crippen molar-refractivity contribution < 1.29 is 38.1 Å². The predicted octanol–water partition coefficient (Wildman–Crippen LogP) is 14.5. The minimum atomic E-state index is -0.970. The summed E-state index contributed by atoms with van der Waals surface area (Å²) >= 11 is 0. The van der Waals surface area contributed by atoms with Crippen LogP contribution >= 0.6 is 0 Å². The number of hydrogen-bond acceptors (Lipinski definition) is 10. The Kier molecular flexibility index (Phi) is 24.5. The van der Waals surface area contributed by atoms with E-state index in [0.29, 0.717) is 50.4 Å². The number of imide groups is 2. The van der Waals surface area contributed by atoms with Crippen LogP contribution in [0.15, 0.2) is 48.5 Å². The summed E-state index contributed by atoms with van der Waals surface area (Å²) in [7, 11) is 4.20. The van der Waals surface area contributed by atoms with Crippen LogP contribution in [0.1, 0.15) is 248 Å². The van der Waals surface area contributed by atoms with Crippen LogP contribution in [0.4, 0.5) is 9.59 Å². The van der Waals surface area contributed by atoms with Crippen molar-refractivity contribution in [1.29, 1.82) is 0 Å². The fraction of sp³-hybridized carbons (Fsp3) is 0.768. The van der Waals surface area contributed by atoms with E-state index in [4.69, 9.17) is 18.9 Å². The van der Waals surface area contributed by atoms with Crippen molar-refractivity contribution in [1.82, 2.24) is 30.2 Å². The highest BCUT2D eigenvalue weighted by molar-refractivity contribution is 6.08. The van der Waals surface area contributed by atoms with E-state index in [9.17, 15) is 19.2 Å². The van der Waals surface area contributed by atoms with Crippen molar-refractivity contribution in [3.05, 3.63) is 59.7 Å². The molecule has 4 aliphatic rings. The summed E-state index contributed by atoms with van der Waals surface area (Å²) in [6.07, 6.45) is 25.5. The van der Waals surface area contributed by atoms with Gasteiger partial charge in [0.2, 0.25) is 0 Å². The van der Waals surface area contributed by atoms with Gasteiger partial charge in [0.25, 0.3) is 11.8 Å². The molecule has 0 saturated carbocycles. The van der Waals surface area contributed by atoms with E-state index in [1.165, 1.54) is 113 Å². The van der Waals surface area contributed by atoms with Gasteiger partial charge in [0.05, 0.1) is 13.1 Å². The number of carbonyl (C=O) groups excluding carboxylic acids is 4. The molecule has 6 amide bonds. The Morgan fingerprint density at radius 2 is 0.723 bits per heavy atom. The van der Waals surface area contributed by atoms with Gasteiger partial charge in [-0.15, -0.1) is 0 Å². The first kappa shape index (κ1) is 67.9. The van der Waals surface area contributed by atoms with Crippen LogP contribution < -0.4 is 20.1 Å². The lowest BCUT2D eigenvalue weighted by Gasteiger charge is -2.56. The molecule has 0 bridgehead atoms. The van der Waals surface area contributed by atoms with E-state index in [2.05, 4.69) is 142 Å². The van der Waals surface area contributed by atoms with Gasteiger partial charge in [-0.05, 0) is 143 Å². The lowest BCUT2D eigenvalue weighted by Crippen LogP contribution is -2.68. The van der Waals surface area contributed by atoms with E-state index in [1.54, 1.807) is 0 Å². The summed E-state index contributed by atoms with van der Waals surface area (Å²) in [5, 5.41) is 6.33. The molecular formula is C69H114N6O8. The molecule has 4 saturated heterocycles. The van der Waals surface area contributed by atoms with Crippen LogP contribution in [0.3, 0.4) is 0 Å². The van der Waals surface area contributed by atoms with E-state index in [1.807, 2.05) is 24.3 Å². The summed E-state index contributed by atoms with van der Waals surface area (Å²) in [6, 6.07) is 15.6. The highest BCUT2D eigenvalue weighted by atomic mass is 16.5. The van der Waals surface area contributed by atoms with Crippen LogP contribution in [0.2, 0.25) is 0 Å². The lowest BCUT2D eigenvalue weighted by atomic mass is 9.69. The molecule has 4 aliphatic heterocycles. The minimum absolute atomic E-state index is 0.115. The third-order valence-electron chi connectivity index (χ3n) is 19.6. The monoisotopic (exact) mass is 1150 g/mol. The number of carbonyl (C=O) groups is 4. The molecular weight excluding hydrogens is 1040 g/mol. The molecule has 4 heterocycles. The van der Waals surface area contributed by atoms with Crippen molar-refractivity contribution in [2.45, 2.75) is 288 Å². The number of urea groups is 2. The maximum absolute atomic E-state index is 14.4. The highest BCUT2D eigenvalue weighted by Crippen LogP contribution is 2.47. The molecule has 0 aromatic heterocycles. The van der Waals surface area contributed by atoms with Gasteiger partial charge in [0, 0.05) is 40.8 Å². The molecule has 2 spiro atoms. The second kappa shape index (κ2) is 29.9. The Balaban J connectivity index is 1.06. The number of benzene rings is 2. The summed E-state index contributed by atoms with van der Waals surface area (Å²) in [4.78, 5) is 63.8. The van der Waals surface area contributed by atoms with Gasteiger partial charge < -0.3 is 29.6 Å². The first-order chi connectivity index (χ1) is 39.2. The normalized spacial score (nSPS) is 20.7. The number of hydrogen-bond donors (Lipinski definition) is 2. The maximum Gasteiger partial charge on any atom is 0.325 e. The molecule has 468 valence electrons. The number of piperidine rings is 2. The fourth-order valence-electron chi connectivity index (χ4n) is 14.2. The molecule has 0 radical (unpaired) electrons. The first-order valence-electron chi connectivity index (χ1n) is 32.7. The quantitative estimate of drug-likeness (QED) is 0.0500. The van der Waals surface area contributed by atoms with Crippen LogP contribution in [0.5, 0.6) is 11.5 Å². The average Bonchev–Trinajstić information content (AvgIpc) is 1.91. The largest absolute Gasteiger partial charge is 0.491 e. The van der Waals surface area contributed by atoms with Crippen LogP contribution in [-0.4, -0.2) is 143 Å². The number of unbranched alkanes of at least 4 members (excludes halogenated alkanes) is 18. The molecule has 83 heavy (non-hydrogen) atoms. The Bertz CT molecular complexity index is 2170. The van der Waals surface area contributed by atoms with Crippen LogP contribution in [-0.2, 0) is 24.5 Å². The topological polar surface area (TPSA) is 142 Å². The van der Waals surface area contributed by atoms with Gasteiger partial charge in [-0.3, -0.25) is 29.2 Å². The highest BCUT2D eigenvalue weighted by Gasteiger charge is 2.62. The van der Waals surface area contributed by atoms with Crippen LogP contribution in [0.25, 0.3) is 0 Å². The second-order valence-electron chi connectivity index (χ2n) is 28.6. The standard InChI is InChI=1S/C69H114N6O8/c1-15-17-19-21-23-25-27-29-31-33-43-80-57(45-74-59(76)68(70-61(74)78)49-63(3,4)72(13)64(5,6)50-68)47-82-55-39-35-53(36-40-55)67(11,12)54-37-41-56(42-38-54)83-48-58(81-44-34-32-30-28-26-24-22-20-18-16-2)46-75-60(77)69(71-62(75)79)51-65(7,8)73(14)66(9,10)52-69/h35-42,57-58H,15-34,43-52H2,1-14H3,(H,70,78)(H,71,79). The lowest BCUT2D eigenvalue weighted by molar-refractivity contribution is -0.141. The summed E-state index contributed by atoms with van der Waals surface area (Å²) in [5.74, 6) is 1.01. The Morgan fingerprint density at radius 3 is 1.01 bits per heavy atom. The molecule has 14 heteroatoms. The summed E-state index contributed by atoms with van der Waals surface area (Å²) < 4.78 is 25.9. The number of nitrogens with one attached hydrogen (secondary N) is 2. The minimum Gasteiger partial charge on any atom is -0.491 e. The zero-order valence-electron chi connectivity index (χ0n) is 54.5. The van der Waals surface area contributed by atoms with Gasteiger partial charge in [-0.1, -0.05) is 168 Å². The maximum atomic E-state index is 14.4. The molecule has 6 rings (SSSR count). The third kappa shape index (κ3) is 17.9. The van der Waals surface area contributed by atoms with Crippen molar-refractivity contribution >= 4 is 23.9 Å². The van der Waals surface area contributed by atoms with Crippen molar-refractivity contribution in [2.75, 3.05) is 53.6 Å². The van der Waals surface area contributed by atoms with E-state index in [0.717, 1.165) is 36.8 Å². The Labute approximate surface area is 503 Å². The van der Waals surface area contributed by atoms with E-state index < -0.39 is 23.3 Å². The van der Waals surface area contributed by atoms with Gasteiger partial charge >= 0.3 is 12.1 Å². The van der Waals surface area contributed by atoms with Crippen LogP contribution in [0, 0.1) is 0 Å². The smallest absolute Gasteiger partial charge is 0.325 e. The van der Waals surface area contributed by atoms with Gasteiger partial charge in [0.15, 0.2) is 0 Å². The van der Waals surface area contributed by atoms with Crippen molar-refractivity contribution in [3.63, 3.8) is 0 Å². The van der Waals surface area contributed by atoms with Crippen molar-refractivity contribution in [2.24, 2.45) is 0 Å². The zero-order valence-corrected chi connectivity index (χ0v) is 54.5. The van der Waals surface area contributed by atoms with E-state index in [-0.39, 0.29) is 77.8 Å². The molecule has 0 aliphatic carbocycles. The second-order valence-corrected chi connectivity index (χ2v) is 28.6. The third-order valence-corrected chi connectivity index (χ3v) is 19.6. The molecule has 2 N–H and O–H groups in total. The van der Waals surface area contributed by atoms with Gasteiger partial charge in [0.1, 0.15) is 48.0 Å². The Hall–Kier alpha value is -4.24. The molecule has 2 unspecified atom stereocenters. The first-order valence-corrected chi connectivity index (χ1v) is 32.7. The molecule has 2 aromatic carbocycles. The number of nitrogens with zero attached hydrogens (tertiary/aromatic N) is 4. The molecule has 4 fully saturated rings. The van der Waals surface area contributed by atoms with Crippen molar-refractivity contribution in [3.8, 4) is 11.5 Å². The molecule has 2 aromatic rings. The average molecular weight is 1160 g/mol.